The Kier molecular flexibility index (Phi) is 5.34. The van der Waals surface area contributed by atoms with Crippen molar-refractivity contribution in [2.45, 2.75) is 51.7 Å². The quantitative estimate of drug-likeness (QED) is 0.878. The Morgan fingerprint density at radius 2 is 2.26 bits per heavy atom. The number of nitrogens with zero attached hydrogens (tertiary/aromatic N) is 1. The number of hydrogen-bond donors (Lipinski definition) is 1. The molecule has 0 aromatic heterocycles. The summed E-state index contributed by atoms with van der Waals surface area (Å²) < 4.78 is 13.2. The molecule has 1 aromatic carbocycles. The first-order valence-corrected chi connectivity index (χ1v) is 7.41. The van der Waals surface area contributed by atoms with Crippen molar-refractivity contribution in [2.24, 2.45) is 0 Å². The van der Waals surface area contributed by atoms with Gasteiger partial charge in [-0.1, -0.05) is 19.1 Å². The van der Waals surface area contributed by atoms with Gasteiger partial charge in [-0.15, -0.1) is 0 Å². The Balaban J connectivity index is 1.86. The lowest BCUT2D eigenvalue weighted by molar-refractivity contribution is 0.128. The number of halogens is 1. The molecule has 0 saturated carbocycles. The minimum absolute atomic E-state index is 0.135. The maximum Gasteiger partial charge on any atom is 0.123 e. The third kappa shape index (κ3) is 4.29. The van der Waals surface area contributed by atoms with Crippen LogP contribution < -0.4 is 5.32 Å². The average Bonchev–Trinajstić information content (AvgIpc) is 2.39. The topological polar surface area (TPSA) is 15.3 Å². The molecule has 0 amide bonds. The molecule has 2 nitrogen and oxygen atoms in total. The fourth-order valence-electron chi connectivity index (χ4n) is 2.86. The van der Waals surface area contributed by atoms with Crippen LogP contribution >= 0.6 is 0 Å². The van der Waals surface area contributed by atoms with Crippen LogP contribution in [0.4, 0.5) is 4.39 Å². The fourth-order valence-corrected chi connectivity index (χ4v) is 2.86. The Bertz CT molecular complexity index is 394. The molecule has 1 N–H and O–H groups in total. The molecule has 1 aliphatic heterocycles. The van der Waals surface area contributed by atoms with Crippen LogP contribution in [0.5, 0.6) is 0 Å². The molecule has 2 atom stereocenters. The summed E-state index contributed by atoms with van der Waals surface area (Å²) in [5, 5.41) is 3.61. The number of benzene rings is 1. The van der Waals surface area contributed by atoms with Gasteiger partial charge in [0, 0.05) is 25.2 Å². The van der Waals surface area contributed by atoms with Gasteiger partial charge in [0.2, 0.25) is 0 Å². The Morgan fingerprint density at radius 3 is 2.95 bits per heavy atom. The molecule has 19 heavy (non-hydrogen) atoms. The summed E-state index contributed by atoms with van der Waals surface area (Å²) in [5.41, 5.74) is 1.08. The lowest BCUT2D eigenvalue weighted by Gasteiger charge is -2.38. The summed E-state index contributed by atoms with van der Waals surface area (Å²) in [6.07, 6.45) is 3.58. The second kappa shape index (κ2) is 7.01. The van der Waals surface area contributed by atoms with Crippen LogP contribution in [-0.2, 0) is 6.54 Å². The molecule has 2 unspecified atom stereocenters. The van der Waals surface area contributed by atoms with E-state index in [1.807, 2.05) is 6.07 Å². The smallest absolute Gasteiger partial charge is 0.123 e. The zero-order valence-electron chi connectivity index (χ0n) is 12.0. The molecule has 1 heterocycles. The van der Waals surface area contributed by atoms with Gasteiger partial charge in [0.05, 0.1) is 0 Å². The molecule has 1 aliphatic rings. The summed E-state index contributed by atoms with van der Waals surface area (Å²) in [6.45, 7) is 7.55. The van der Waals surface area contributed by atoms with Crippen molar-refractivity contribution < 1.29 is 4.39 Å². The Hall–Kier alpha value is -0.930. The second-order valence-corrected chi connectivity index (χ2v) is 5.62. The summed E-state index contributed by atoms with van der Waals surface area (Å²) in [7, 11) is 0. The largest absolute Gasteiger partial charge is 0.314 e. The van der Waals surface area contributed by atoms with Crippen LogP contribution in [0.1, 0.15) is 38.7 Å². The predicted octanol–water partition coefficient (Wildman–Crippen LogP) is 3.18. The van der Waals surface area contributed by atoms with Gasteiger partial charge in [-0.05, 0) is 50.4 Å². The van der Waals surface area contributed by atoms with E-state index < -0.39 is 0 Å². The molecule has 1 aromatic rings. The van der Waals surface area contributed by atoms with Crippen molar-refractivity contribution in [3.05, 3.63) is 35.6 Å². The molecule has 0 aliphatic carbocycles. The molecule has 0 bridgehead atoms. The van der Waals surface area contributed by atoms with Crippen molar-refractivity contribution in [2.75, 3.05) is 13.1 Å². The molecule has 0 radical (unpaired) electrons. The number of nitrogens with one attached hydrogen (secondary N) is 1. The molecule has 3 heteroatoms. The van der Waals surface area contributed by atoms with Gasteiger partial charge in [0.1, 0.15) is 5.82 Å². The van der Waals surface area contributed by atoms with Crippen LogP contribution in [0.3, 0.4) is 0 Å². The summed E-state index contributed by atoms with van der Waals surface area (Å²) >= 11 is 0. The summed E-state index contributed by atoms with van der Waals surface area (Å²) in [5.74, 6) is -0.135. The van der Waals surface area contributed by atoms with Crippen molar-refractivity contribution in [3.8, 4) is 0 Å². The maximum absolute atomic E-state index is 13.2. The first-order valence-electron chi connectivity index (χ1n) is 7.41. The number of hydrogen-bond acceptors (Lipinski definition) is 2. The highest BCUT2D eigenvalue weighted by atomic mass is 19.1. The van der Waals surface area contributed by atoms with Crippen LogP contribution in [-0.4, -0.2) is 30.1 Å². The molecular weight excluding hydrogens is 239 g/mol. The van der Waals surface area contributed by atoms with Gasteiger partial charge in [0.25, 0.3) is 0 Å². The van der Waals surface area contributed by atoms with Gasteiger partial charge < -0.3 is 5.32 Å². The fraction of sp³-hybridized carbons (Fsp3) is 0.625. The van der Waals surface area contributed by atoms with E-state index in [9.17, 15) is 4.39 Å². The number of rotatable bonds is 5. The van der Waals surface area contributed by atoms with E-state index in [-0.39, 0.29) is 5.82 Å². The van der Waals surface area contributed by atoms with E-state index in [0.717, 1.165) is 25.2 Å². The van der Waals surface area contributed by atoms with E-state index in [2.05, 4.69) is 24.1 Å². The molecule has 1 saturated heterocycles. The maximum atomic E-state index is 13.2. The SMILES string of the molecule is CCCNC1CCN(Cc2cccc(F)c2)C(C)C1. The highest BCUT2D eigenvalue weighted by Crippen LogP contribution is 2.20. The molecule has 1 fully saturated rings. The minimum Gasteiger partial charge on any atom is -0.314 e. The lowest BCUT2D eigenvalue weighted by atomic mass is 9.97. The second-order valence-electron chi connectivity index (χ2n) is 5.62. The van der Waals surface area contributed by atoms with Crippen molar-refractivity contribution in [1.29, 1.82) is 0 Å². The van der Waals surface area contributed by atoms with Gasteiger partial charge in [0.15, 0.2) is 0 Å². The lowest BCUT2D eigenvalue weighted by Crippen LogP contribution is -2.47. The zero-order chi connectivity index (χ0) is 13.7. The Labute approximate surface area is 116 Å². The summed E-state index contributed by atoms with van der Waals surface area (Å²) in [4.78, 5) is 2.46. The van der Waals surface area contributed by atoms with Gasteiger partial charge >= 0.3 is 0 Å². The van der Waals surface area contributed by atoms with Crippen LogP contribution in [0, 0.1) is 5.82 Å². The van der Waals surface area contributed by atoms with E-state index in [0.29, 0.717) is 12.1 Å². The average molecular weight is 264 g/mol. The van der Waals surface area contributed by atoms with E-state index in [1.54, 1.807) is 12.1 Å². The van der Waals surface area contributed by atoms with Gasteiger partial charge in [-0.2, -0.15) is 0 Å². The van der Waals surface area contributed by atoms with Crippen LogP contribution in [0.15, 0.2) is 24.3 Å². The van der Waals surface area contributed by atoms with E-state index in [4.69, 9.17) is 0 Å². The minimum atomic E-state index is -0.135. The van der Waals surface area contributed by atoms with Crippen molar-refractivity contribution in [1.82, 2.24) is 10.2 Å². The molecule has 106 valence electrons. The molecular formula is C16H25FN2. The van der Waals surface area contributed by atoms with E-state index in [1.165, 1.54) is 25.3 Å². The van der Waals surface area contributed by atoms with E-state index >= 15 is 0 Å². The monoisotopic (exact) mass is 264 g/mol. The van der Waals surface area contributed by atoms with Crippen molar-refractivity contribution in [3.63, 3.8) is 0 Å². The first-order chi connectivity index (χ1) is 9.19. The van der Waals surface area contributed by atoms with Crippen LogP contribution in [0.25, 0.3) is 0 Å². The highest BCUT2D eigenvalue weighted by molar-refractivity contribution is 5.16. The first kappa shape index (κ1) is 14.5. The van der Waals surface area contributed by atoms with Gasteiger partial charge in [-0.25, -0.2) is 4.39 Å². The van der Waals surface area contributed by atoms with Crippen molar-refractivity contribution >= 4 is 0 Å². The van der Waals surface area contributed by atoms with Gasteiger partial charge in [-0.3, -0.25) is 4.90 Å². The normalized spacial score (nSPS) is 24.6. The number of likely N-dealkylation sites (tertiary alicyclic amines) is 1. The molecule has 2 rings (SSSR count). The standard InChI is InChI=1S/C16H25FN2/c1-3-8-18-16-7-9-19(13(2)10-16)12-14-5-4-6-15(17)11-14/h4-6,11,13,16,18H,3,7-10,12H2,1-2H3. The third-order valence-electron chi connectivity index (χ3n) is 3.97. The zero-order valence-corrected chi connectivity index (χ0v) is 12.0. The summed E-state index contributed by atoms with van der Waals surface area (Å²) in [6, 6.07) is 8.18. The third-order valence-corrected chi connectivity index (χ3v) is 3.97. The van der Waals surface area contributed by atoms with Crippen LogP contribution in [0.2, 0.25) is 0 Å². The molecule has 0 spiro atoms. The number of piperidine rings is 1. The Morgan fingerprint density at radius 1 is 1.42 bits per heavy atom. The highest BCUT2D eigenvalue weighted by Gasteiger charge is 2.24. The predicted molar refractivity (Wildman–Crippen MR) is 77.6 cm³/mol.